The van der Waals surface area contributed by atoms with Crippen LogP contribution in [0.15, 0.2) is 91.0 Å². The smallest absolute Gasteiger partial charge is 0.410 e. The van der Waals surface area contributed by atoms with Crippen LogP contribution in [0.5, 0.6) is 5.75 Å². The van der Waals surface area contributed by atoms with Gasteiger partial charge in [-0.05, 0) is 144 Å². The third-order valence-electron chi connectivity index (χ3n) is 11.7. The number of hydrogen-bond acceptors (Lipinski definition) is 7. The van der Waals surface area contributed by atoms with Crippen LogP contribution in [0, 0.1) is 0 Å². The summed E-state index contributed by atoms with van der Waals surface area (Å²) in [5.41, 5.74) is 7.37. The lowest BCUT2D eigenvalue weighted by Gasteiger charge is -2.27. The number of amides is 2. The number of imidazole rings is 2. The number of benzene rings is 4. The molecule has 2 N–H and O–H groups in total. The molecular formula is C48H54N6O5. The Labute approximate surface area is 345 Å². The molecule has 6 aromatic rings. The van der Waals surface area contributed by atoms with E-state index in [4.69, 9.17) is 24.2 Å². The Kier molecular flexibility index (Phi) is 9.88. The maximum absolute atomic E-state index is 13.1. The zero-order valence-corrected chi connectivity index (χ0v) is 34.8. The molecule has 3 unspecified atom stereocenters. The fraction of sp³-hybridized carbons (Fsp3) is 0.417. The van der Waals surface area contributed by atoms with Gasteiger partial charge >= 0.3 is 12.2 Å². The van der Waals surface area contributed by atoms with Crippen molar-refractivity contribution in [3.05, 3.63) is 125 Å². The van der Waals surface area contributed by atoms with Crippen LogP contribution in [-0.4, -0.2) is 66.2 Å². The lowest BCUT2D eigenvalue weighted by atomic mass is 10.0. The highest BCUT2D eigenvalue weighted by Crippen LogP contribution is 2.66. The number of ether oxygens (including phenoxy) is 3. The molecule has 1 aliphatic carbocycles. The maximum atomic E-state index is 13.1. The van der Waals surface area contributed by atoms with Gasteiger partial charge in [-0.25, -0.2) is 19.6 Å². The second-order valence-electron chi connectivity index (χ2n) is 18.4. The number of aromatic nitrogens is 4. The highest BCUT2D eigenvalue weighted by atomic mass is 16.6. The van der Waals surface area contributed by atoms with Crippen molar-refractivity contribution < 1.29 is 23.8 Å². The number of carbonyl (C=O) groups excluding carboxylic acids is 2. The van der Waals surface area contributed by atoms with Crippen LogP contribution in [0.2, 0.25) is 0 Å². The fourth-order valence-corrected chi connectivity index (χ4v) is 9.08. The first-order valence-electron chi connectivity index (χ1n) is 21.0. The number of hydrogen-bond donors (Lipinski definition) is 2. The standard InChI is InChI=1S/C48H54N6O5/c1-47(2,3)58-45(55)53-24-10-14-38(53)43-49-34-22-18-31(26-36(34)51-43)41-40(30-16-20-33(21-17-30)57-28-29-12-8-7-9-13-29)42(41)32-19-23-35-37(27-32)52-44(50-35)39-15-11-25-54(39)46(56)59-48(4,5)6/h7-9,12-13,16-23,26-27,38-42H,10-11,14-15,24-25,28H2,1-6H3,(H,49,51)(H,50,52)/t38-,39-,40?,41?,42?/m0/s1. The molecule has 4 aromatic carbocycles. The number of rotatable bonds is 8. The number of likely N-dealkylation sites (tertiary alicyclic amines) is 2. The van der Waals surface area contributed by atoms with Gasteiger partial charge in [0.15, 0.2) is 0 Å². The lowest BCUT2D eigenvalue weighted by Crippen LogP contribution is -2.36. The average molecular weight is 795 g/mol. The van der Waals surface area contributed by atoms with Crippen LogP contribution in [0.1, 0.15) is 131 Å². The molecule has 2 aromatic heterocycles. The first-order chi connectivity index (χ1) is 28.3. The van der Waals surface area contributed by atoms with Gasteiger partial charge in [0.05, 0.1) is 34.2 Å². The maximum Gasteiger partial charge on any atom is 0.410 e. The number of H-pyrrole nitrogens is 2. The molecule has 3 fully saturated rings. The molecule has 0 spiro atoms. The van der Waals surface area contributed by atoms with Gasteiger partial charge in [-0.1, -0.05) is 54.6 Å². The van der Waals surface area contributed by atoms with E-state index in [1.807, 2.05) is 69.5 Å². The fourth-order valence-electron chi connectivity index (χ4n) is 9.08. The van der Waals surface area contributed by atoms with Gasteiger partial charge in [-0.3, -0.25) is 9.80 Å². The van der Waals surface area contributed by atoms with E-state index >= 15 is 0 Å². The van der Waals surface area contributed by atoms with E-state index in [1.54, 1.807) is 0 Å². The van der Waals surface area contributed by atoms with E-state index in [2.05, 4.69) is 82.8 Å². The molecule has 11 nitrogen and oxygen atoms in total. The van der Waals surface area contributed by atoms with Crippen molar-refractivity contribution in [3.8, 4) is 5.75 Å². The Balaban J connectivity index is 1.01. The van der Waals surface area contributed by atoms with E-state index < -0.39 is 11.2 Å². The van der Waals surface area contributed by atoms with E-state index in [9.17, 15) is 9.59 Å². The summed E-state index contributed by atoms with van der Waals surface area (Å²) in [6.45, 7) is 13.2. The van der Waals surface area contributed by atoms with Crippen molar-refractivity contribution in [3.63, 3.8) is 0 Å². The SMILES string of the molecule is CC(C)(C)OC(=O)N1CCC[C@H]1c1nc2cc(C3C(c4ccc(OCc5ccccc5)cc4)C3c3ccc4nc([C@@H]5CCCN5C(=O)OC(C)(C)C)[nH]c4c3)ccc2[nH]1. The van der Waals surface area contributed by atoms with Gasteiger partial charge in [0.1, 0.15) is 35.2 Å². The van der Waals surface area contributed by atoms with Crippen LogP contribution < -0.4 is 4.74 Å². The molecule has 11 heteroatoms. The van der Waals surface area contributed by atoms with Gasteiger partial charge < -0.3 is 24.2 Å². The number of fused-ring (bicyclic) bond motifs is 2. The monoisotopic (exact) mass is 794 g/mol. The largest absolute Gasteiger partial charge is 0.489 e. The molecule has 2 amide bonds. The normalized spacial score (nSPS) is 22.0. The summed E-state index contributed by atoms with van der Waals surface area (Å²) in [5.74, 6) is 3.07. The van der Waals surface area contributed by atoms with E-state index in [0.29, 0.717) is 19.7 Å². The van der Waals surface area contributed by atoms with Gasteiger partial charge in [0.25, 0.3) is 0 Å². The third kappa shape index (κ3) is 8.12. The summed E-state index contributed by atoms with van der Waals surface area (Å²) in [6.07, 6.45) is 2.87. The minimum atomic E-state index is -0.567. The van der Waals surface area contributed by atoms with E-state index in [1.165, 1.54) is 16.7 Å². The topological polar surface area (TPSA) is 126 Å². The number of carbonyl (C=O) groups is 2. The zero-order valence-electron chi connectivity index (χ0n) is 34.8. The first kappa shape index (κ1) is 38.7. The Hall–Kier alpha value is -5.84. The highest BCUT2D eigenvalue weighted by Gasteiger charge is 2.52. The molecular weight excluding hydrogens is 741 g/mol. The first-order valence-corrected chi connectivity index (χ1v) is 21.0. The third-order valence-corrected chi connectivity index (χ3v) is 11.7. The van der Waals surface area contributed by atoms with Crippen molar-refractivity contribution in [2.24, 2.45) is 0 Å². The zero-order chi connectivity index (χ0) is 41.1. The highest BCUT2D eigenvalue weighted by molar-refractivity contribution is 5.79. The van der Waals surface area contributed by atoms with Gasteiger partial charge in [0.2, 0.25) is 0 Å². The summed E-state index contributed by atoms with van der Waals surface area (Å²) in [6, 6.07) is 31.6. The Morgan fingerprint density at radius 2 is 1.15 bits per heavy atom. The molecule has 306 valence electrons. The minimum Gasteiger partial charge on any atom is -0.489 e. The van der Waals surface area contributed by atoms with Crippen LogP contribution in [0.3, 0.4) is 0 Å². The Morgan fingerprint density at radius 3 is 1.76 bits per heavy atom. The summed E-state index contributed by atoms with van der Waals surface area (Å²) in [4.78, 5) is 47.1. The van der Waals surface area contributed by atoms with Gasteiger partial charge in [-0.15, -0.1) is 0 Å². The van der Waals surface area contributed by atoms with Crippen molar-refractivity contribution in [2.75, 3.05) is 13.1 Å². The molecule has 0 radical (unpaired) electrons. The predicted molar refractivity (Wildman–Crippen MR) is 227 cm³/mol. The predicted octanol–water partition coefficient (Wildman–Crippen LogP) is 10.8. The molecule has 1 saturated carbocycles. The van der Waals surface area contributed by atoms with Crippen LogP contribution in [0.25, 0.3) is 22.1 Å². The molecule has 3 aliphatic rings. The number of aromatic amines is 2. The minimum absolute atomic E-state index is 0.156. The quantitative estimate of drug-likeness (QED) is 0.157. The second kappa shape index (κ2) is 15.1. The van der Waals surface area contributed by atoms with Gasteiger partial charge in [-0.2, -0.15) is 0 Å². The molecule has 9 rings (SSSR count). The summed E-state index contributed by atoms with van der Waals surface area (Å²) in [5, 5.41) is 0. The summed E-state index contributed by atoms with van der Waals surface area (Å²) < 4.78 is 17.7. The van der Waals surface area contributed by atoms with Crippen molar-refractivity contribution >= 4 is 34.3 Å². The average Bonchev–Trinajstić information content (AvgIpc) is 3.75. The molecule has 2 aliphatic heterocycles. The summed E-state index contributed by atoms with van der Waals surface area (Å²) in [7, 11) is 0. The van der Waals surface area contributed by atoms with Crippen LogP contribution in [0.4, 0.5) is 9.59 Å². The molecule has 5 atom stereocenters. The Morgan fingerprint density at radius 1 is 0.627 bits per heavy atom. The van der Waals surface area contributed by atoms with E-state index in [0.717, 1.165) is 70.7 Å². The second-order valence-corrected chi connectivity index (χ2v) is 18.4. The van der Waals surface area contributed by atoms with Crippen LogP contribution >= 0.6 is 0 Å². The lowest BCUT2D eigenvalue weighted by molar-refractivity contribution is 0.0208. The van der Waals surface area contributed by atoms with Crippen molar-refractivity contribution in [1.82, 2.24) is 29.7 Å². The van der Waals surface area contributed by atoms with Crippen LogP contribution in [-0.2, 0) is 16.1 Å². The summed E-state index contributed by atoms with van der Waals surface area (Å²) >= 11 is 0. The Bertz CT molecular complexity index is 2350. The van der Waals surface area contributed by atoms with E-state index in [-0.39, 0.29) is 42.0 Å². The molecule has 0 bridgehead atoms. The number of nitrogens with one attached hydrogen (secondary N) is 2. The molecule has 4 heterocycles. The van der Waals surface area contributed by atoms with Crippen molar-refractivity contribution in [1.29, 1.82) is 0 Å². The molecule has 2 saturated heterocycles. The van der Waals surface area contributed by atoms with Gasteiger partial charge in [0, 0.05) is 13.1 Å². The number of nitrogens with zero attached hydrogens (tertiary/aromatic N) is 4. The van der Waals surface area contributed by atoms with Crippen molar-refractivity contribution in [2.45, 2.75) is 115 Å². The molecule has 59 heavy (non-hydrogen) atoms.